The summed E-state index contributed by atoms with van der Waals surface area (Å²) < 4.78 is 10.5. The molecule has 1 unspecified atom stereocenters. The van der Waals surface area contributed by atoms with Crippen LogP contribution in [0.15, 0.2) is 42.5 Å². The average Bonchev–Trinajstić information content (AvgIpc) is 3.10. The molecular formula is C18H23NO4. The highest BCUT2D eigenvalue weighted by Gasteiger charge is 2.26. The van der Waals surface area contributed by atoms with Crippen LogP contribution in [-0.2, 0) is 19.1 Å². The van der Waals surface area contributed by atoms with Gasteiger partial charge in [0.25, 0.3) is 5.91 Å². The summed E-state index contributed by atoms with van der Waals surface area (Å²) in [5, 5.41) is 2.78. The number of esters is 1. The van der Waals surface area contributed by atoms with E-state index in [2.05, 4.69) is 10.1 Å². The van der Waals surface area contributed by atoms with Gasteiger partial charge in [-0.1, -0.05) is 49.2 Å². The third-order valence-electron chi connectivity index (χ3n) is 3.82. The lowest BCUT2D eigenvalue weighted by molar-refractivity contribution is -0.137. The number of rotatable bonds is 7. The largest absolute Gasteiger partial charge is 0.466 e. The first-order valence-corrected chi connectivity index (χ1v) is 7.93. The van der Waals surface area contributed by atoms with E-state index in [-0.39, 0.29) is 18.6 Å². The van der Waals surface area contributed by atoms with Gasteiger partial charge >= 0.3 is 5.97 Å². The first kappa shape index (κ1) is 17.2. The summed E-state index contributed by atoms with van der Waals surface area (Å²) in [6, 6.07) is 9.48. The smallest absolute Gasteiger partial charge is 0.330 e. The van der Waals surface area contributed by atoms with Gasteiger partial charge in [0.05, 0.1) is 13.2 Å². The molecule has 124 valence electrons. The van der Waals surface area contributed by atoms with Crippen molar-refractivity contribution >= 4 is 11.9 Å². The summed E-state index contributed by atoms with van der Waals surface area (Å²) in [4.78, 5) is 23.5. The second-order valence-electron chi connectivity index (χ2n) is 5.50. The Bertz CT molecular complexity index is 535. The van der Waals surface area contributed by atoms with E-state index in [0.29, 0.717) is 0 Å². The molecule has 0 aromatic heterocycles. The lowest BCUT2D eigenvalue weighted by atomic mass is 10.1. The minimum absolute atomic E-state index is 0.136. The molecule has 0 aliphatic heterocycles. The molecule has 1 amide bonds. The van der Waals surface area contributed by atoms with Crippen molar-refractivity contribution in [3.05, 3.63) is 48.0 Å². The third kappa shape index (κ3) is 5.53. The fourth-order valence-corrected chi connectivity index (χ4v) is 2.61. The van der Waals surface area contributed by atoms with Gasteiger partial charge in [-0.15, -0.1) is 0 Å². The Morgan fingerprint density at radius 2 is 1.96 bits per heavy atom. The maximum absolute atomic E-state index is 12.5. The van der Waals surface area contributed by atoms with Crippen LogP contribution in [0.5, 0.6) is 0 Å². The topological polar surface area (TPSA) is 64.6 Å². The van der Waals surface area contributed by atoms with Crippen LogP contribution in [0.25, 0.3) is 0 Å². The number of hydrogen-bond donors (Lipinski definition) is 1. The summed E-state index contributed by atoms with van der Waals surface area (Å²) in [5.41, 5.74) is 0.842. The van der Waals surface area contributed by atoms with Crippen LogP contribution in [0.3, 0.4) is 0 Å². The van der Waals surface area contributed by atoms with Gasteiger partial charge in [0.2, 0.25) is 0 Å². The zero-order valence-electron chi connectivity index (χ0n) is 13.4. The van der Waals surface area contributed by atoms with Crippen molar-refractivity contribution in [1.82, 2.24) is 5.32 Å². The molecule has 2 rings (SSSR count). The molecule has 1 aromatic carbocycles. The second kappa shape index (κ2) is 9.10. The predicted molar refractivity (Wildman–Crippen MR) is 86.7 cm³/mol. The summed E-state index contributed by atoms with van der Waals surface area (Å²) in [6.45, 7) is 0.255. The number of benzene rings is 1. The minimum Gasteiger partial charge on any atom is -0.466 e. The van der Waals surface area contributed by atoms with Crippen molar-refractivity contribution in [1.29, 1.82) is 0 Å². The van der Waals surface area contributed by atoms with Crippen LogP contribution >= 0.6 is 0 Å². The number of methoxy groups -OCH3 is 1. The van der Waals surface area contributed by atoms with Crippen molar-refractivity contribution < 1.29 is 19.1 Å². The van der Waals surface area contributed by atoms with E-state index >= 15 is 0 Å². The quantitative estimate of drug-likeness (QED) is 0.620. The van der Waals surface area contributed by atoms with Gasteiger partial charge in [0.1, 0.15) is 0 Å². The van der Waals surface area contributed by atoms with Gasteiger partial charge in [0.15, 0.2) is 6.10 Å². The van der Waals surface area contributed by atoms with Crippen molar-refractivity contribution in [2.75, 3.05) is 13.7 Å². The Balaban J connectivity index is 1.96. The van der Waals surface area contributed by atoms with E-state index in [9.17, 15) is 9.59 Å². The van der Waals surface area contributed by atoms with Crippen LogP contribution in [-0.4, -0.2) is 31.6 Å². The van der Waals surface area contributed by atoms with E-state index in [0.717, 1.165) is 31.2 Å². The summed E-state index contributed by atoms with van der Waals surface area (Å²) in [6.07, 6.45) is 6.66. The molecule has 0 heterocycles. The standard InChI is InChI=1S/C18H23NO4/c1-22-16(20)12-7-13-19-18(21)17(14-8-3-2-4-9-14)23-15-10-5-6-11-15/h2-4,7-9,12,15,17H,5-6,10-11,13H2,1H3,(H,19,21)/b12-7+. The van der Waals surface area contributed by atoms with Crippen LogP contribution in [0.1, 0.15) is 37.4 Å². The molecule has 1 saturated carbocycles. The fourth-order valence-electron chi connectivity index (χ4n) is 2.61. The first-order chi connectivity index (χ1) is 11.2. The minimum atomic E-state index is -0.620. The Labute approximate surface area is 136 Å². The van der Waals surface area contributed by atoms with E-state index in [4.69, 9.17) is 4.74 Å². The zero-order valence-corrected chi connectivity index (χ0v) is 13.4. The van der Waals surface area contributed by atoms with Gasteiger partial charge in [-0.05, 0) is 18.4 Å². The molecule has 0 bridgehead atoms. The lowest BCUT2D eigenvalue weighted by Crippen LogP contribution is -2.32. The molecule has 0 saturated heterocycles. The number of carbonyl (C=O) groups excluding carboxylic acids is 2. The lowest BCUT2D eigenvalue weighted by Gasteiger charge is -2.21. The van der Waals surface area contributed by atoms with Gasteiger partial charge in [-0.25, -0.2) is 4.79 Å². The molecular weight excluding hydrogens is 294 g/mol. The zero-order chi connectivity index (χ0) is 16.5. The van der Waals surface area contributed by atoms with Gasteiger partial charge < -0.3 is 14.8 Å². The molecule has 5 nitrogen and oxygen atoms in total. The van der Waals surface area contributed by atoms with Crippen LogP contribution in [0.4, 0.5) is 0 Å². The summed E-state index contributed by atoms with van der Waals surface area (Å²) >= 11 is 0. The number of nitrogens with one attached hydrogen (secondary N) is 1. The van der Waals surface area contributed by atoms with Gasteiger partial charge in [-0.3, -0.25) is 4.79 Å². The Hall–Kier alpha value is -2.14. The fraction of sp³-hybridized carbons (Fsp3) is 0.444. The molecule has 5 heteroatoms. The van der Waals surface area contributed by atoms with E-state index < -0.39 is 12.1 Å². The Kier molecular flexibility index (Phi) is 6.81. The van der Waals surface area contributed by atoms with Crippen LogP contribution in [0, 0.1) is 0 Å². The van der Waals surface area contributed by atoms with Gasteiger partial charge in [0, 0.05) is 12.6 Å². The van der Waals surface area contributed by atoms with Crippen molar-refractivity contribution in [2.45, 2.75) is 37.9 Å². The number of hydrogen-bond acceptors (Lipinski definition) is 4. The Morgan fingerprint density at radius 3 is 2.61 bits per heavy atom. The molecule has 1 fully saturated rings. The molecule has 1 aromatic rings. The molecule has 0 radical (unpaired) electrons. The number of amides is 1. The molecule has 1 N–H and O–H groups in total. The highest BCUT2D eigenvalue weighted by atomic mass is 16.5. The molecule has 0 spiro atoms. The van der Waals surface area contributed by atoms with Crippen LogP contribution in [0.2, 0.25) is 0 Å². The molecule has 23 heavy (non-hydrogen) atoms. The number of ether oxygens (including phenoxy) is 2. The normalized spacial score (nSPS) is 16.4. The monoisotopic (exact) mass is 317 g/mol. The summed E-state index contributed by atoms with van der Waals surface area (Å²) in [7, 11) is 1.31. The maximum Gasteiger partial charge on any atom is 0.330 e. The molecule has 1 aliphatic carbocycles. The van der Waals surface area contributed by atoms with Crippen molar-refractivity contribution in [3.63, 3.8) is 0 Å². The van der Waals surface area contributed by atoms with Gasteiger partial charge in [-0.2, -0.15) is 0 Å². The predicted octanol–water partition coefficient (Wildman–Crippen LogP) is 2.53. The van der Waals surface area contributed by atoms with Crippen molar-refractivity contribution in [2.24, 2.45) is 0 Å². The van der Waals surface area contributed by atoms with E-state index in [1.165, 1.54) is 13.2 Å². The highest BCUT2D eigenvalue weighted by molar-refractivity contribution is 5.83. The Morgan fingerprint density at radius 1 is 1.26 bits per heavy atom. The van der Waals surface area contributed by atoms with E-state index in [1.54, 1.807) is 6.08 Å². The third-order valence-corrected chi connectivity index (χ3v) is 3.82. The summed E-state index contributed by atoms with van der Waals surface area (Å²) in [5.74, 6) is -0.640. The maximum atomic E-state index is 12.5. The SMILES string of the molecule is COC(=O)/C=C/CNC(=O)C(OC1CCCC1)c1ccccc1. The number of carbonyl (C=O) groups is 2. The first-order valence-electron chi connectivity index (χ1n) is 7.93. The second-order valence-corrected chi connectivity index (χ2v) is 5.50. The van der Waals surface area contributed by atoms with Crippen LogP contribution < -0.4 is 5.32 Å². The van der Waals surface area contributed by atoms with Crippen molar-refractivity contribution in [3.8, 4) is 0 Å². The average molecular weight is 317 g/mol. The molecule has 1 aliphatic rings. The highest BCUT2D eigenvalue weighted by Crippen LogP contribution is 2.27. The van der Waals surface area contributed by atoms with E-state index in [1.807, 2.05) is 30.3 Å². The molecule has 1 atom stereocenters.